The third-order valence-corrected chi connectivity index (χ3v) is 4.87. The molecule has 2 aromatic heterocycles. The Morgan fingerprint density at radius 2 is 1.75 bits per heavy atom. The van der Waals surface area contributed by atoms with E-state index in [1.165, 1.54) is 5.56 Å². The third kappa shape index (κ3) is 6.84. The minimum atomic E-state index is -0.352. The van der Waals surface area contributed by atoms with Crippen LogP contribution in [0.4, 0.5) is 0 Å². The molecule has 0 spiro atoms. The molecule has 3 heterocycles. The monoisotopic (exact) mass is 411 g/mol. The molecule has 0 aromatic carbocycles. The van der Waals surface area contributed by atoms with Crippen LogP contribution in [0.5, 0.6) is 0 Å². The lowest BCUT2D eigenvalue weighted by Crippen LogP contribution is -2.47. The van der Waals surface area contributed by atoms with Crippen molar-refractivity contribution in [2.75, 3.05) is 32.7 Å². The van der Waals surface area contributed by atoms with Crippen LogP contribution in [0.2, 0.25) is 0 Å². The molecule has 136 valence electrons. The first-order valence-electron chi connectivity index (χ1n) is 7.36. The van der Waals surface area contributed by atoms with Crippen LogP contribution in [-0.2, 0) is 6.54 Å². The standard InChI is InChI=1S/C16H21N3OS.3ClH/c20-15(16-4-2-10-21-16)13-19-8-6-18(7-9-19)12-14-3-1-5-17-11-14;;;/h1-5,10-11,15,20H,6-9,12-13H2;3*1H. The lowest BCUT2D eigenvalue weighted by molar-refractivity contribution is 0.0716. The number of aromatic nitrogens is 1. The first-order chi connectivity index (χ1) is 10.3. The van der Waals surface area contributed by atoms with Gasteiger partial charge in [0.1, 0.15) is 6.10 Å². The molecule has 0 aliphatic carbocycles. The van der Waals surface area contributed by atoms with Gasteiger partial charge in [0.05, 0.1) is 0 Å². The first-order valence-corrected chi connectivity index (χ1v) is 8.24. The number of hydrogen-bond donors (Lipinski definition) is 1. The third-order valence-electron chi connectivity index (χ3n) is 3.90. The molecule has 1 saturated heterocycles. The highest BCUT2D eigenvalue weighted by Crippen LogP contribution is 2.20. The van der Waals surface area contributed by atoms with Gasteiger partial charge in [0.2, 0.25) is 0 Å². The normalized spacial score (nSPS) is 16.4. The molecular formula is C16H24Cl3N3OS. The van der Waals surface area contributed by atoms with E-state index >= 15 is 0 Å². The molecule has 8 heteroatoms. The van der Waals surface area contributed by atoms with Gasteiger partial charge in [0.15, 0.2) is 0 Å². The van der Waals surface area contributed by atoms with Crippen LogP contribution in [-0.4, -0.2) is 52.6 Å². The van der Waals surface area contributed by atoms with Gasteiger partial charge in [-0.15, -0.1) is 48.6 Å². The second-order valence-electron chi connectivity index (χ2n) is 5.47. The van der Waals surface area contributed by atoms with E-state index < -0.39 is 0 Å². The number of β-amino-alcohol motifs (C(OH)–C–C–N with tert-alkyl or cyclic N) is 1. The van der Waals surface area contributed by atoms with Gasteiger partial charge in [-0.2, -0.15) is 0 Å². The average molecular weight is 413 g/mol. The molecule has 1 unspecified atom stereocenters. The SMILES string of the molecule is Cl.Cl.Cl.OC(CN1CCN(Cc2cccnc2)CC1)c1cccs1. The molecule has 1 aliphatic heterocycles. The predicted octanol–water partition coefficient (Wildman–Crippen LogP) is 3.26. The maximum absolute atomic E-state index is 10.2. The lowest BCUT2D eigenvalue weighted by atomic mass is 10.2. The first kappa shape index (κ1) is 23.6. The smallest absolute Gasteiger partial charge is 0.101 e. The van der Waals surface area contributed by atoms with Gasteiger partial charge in [-0.25, -0.2) is 0 Å². The molecule has 0 amide bonds. The van der Waals surface area contributed by atoms with Crippen LogP contribution >= 0.6 is 48.6 Å². The van der Waals surface area contributed by atoms with E-state index in [1.807, 2.05) is 36.0 Å². The summed E-state index contributed by atoms with van der Waals surface area (Å²) in [6, 6.07) is 8.12. The molecule has 1 fully saturated rings. The van der Waals surface area contributed by atoms with E-state index in [2.05, 4.69) is 20.9 Å². The van der Waals surface area contributed by atoms with Crippen LogP contribution in [0.25, 0.3) is 0 Å². The van der Waals surface area contributed by atoms with Crippen molar-refractivity contribution in [3.8, 4) is 0 Å². The molecule has 3 rings (SSSR count). The highest BCUT2D eigenvalue weighted by Gasteiger charge is 2.20. The van der Waals surface area contributed by atoms with Gasteiger partial charge in [0.25, 0.3) is 0 Å². The molecule has 0 bridgehead atoms. The molecule has 1 aliphatic rings. The molecule has 0 radical (unpaired) electrons. The summed E-state index contributed by atoms with van der Waals surface area (Å²) in [6.45, 7) is 5.83. The molecule has 24 heavy (non-hydrogen) atoms. The Hall–Kier alpha value is -0.400. The fourth-order valence-corrected chi connectivity index (χ4v) is 3.40. The highest BCUT2D eigenvalue weighted by atomic mass is 35.5. The number of hydrogen-bond acceptors (Lipinski definition) is 5. The Morgan fingerprint density at radius 3 is 2.33 bits per heavy atom. The van der Waals surface area contributed by atoms with Crippen molar-refractivity contribution in [3.63, 3.8) is 0 Å². The number of nitrogens with zero attached hydrogens (tertiary/aromatic N) is 3. The zero-order valence-corrected chi connectivity index (χ0v) is 16.5. The van der Waals surface area contributed by atoms with Crippen molar-refractivity contribution in [2.24, 2.45) is 0 Å². The fourth-order valence-electron chi connectivity index (χ4n) is 2.70. The average Bonchev–Trinajstić information content (AvgIpc) is 3.05. The summed E-state index contributed by atoms with van der Waals surface area (Å²) >= 11 is 1.63. The summed E-state index contributed by atoms with van der Waals surface area (Å²) in [5.41, 5.74) is 1.27. The van der Waals surface area contributed by atoms with Crippen molar-refractivity contribution in [1.82, 2.24) is 14.8 Å². The summed E-state index contributed by atoms with van der Waals surface area (Å²) in [5, 5.41) is 12.2. The number of thiophene rings is 1. The molecule has 1 N–H and O–H groups in total. The van der Waals surface area contributed by atoms with Gasteiger partial charge in [-0.3, -0.25) is 14.8 Å². The maximum Gasteiger partial charge on any atom is 0.101 e. The Bertz CT molecular complexity index is 537. The van der Waals surface area contributed by atoms with Crippen molar-refractivity contribution in [1.29, 1.82) is 0 Å². The van der Waals surface area contributed by atoms with Gasteiger partial charge in [-0.05, 0) is 23.1 Å². The Kier molecular flexibility index (Phi) is 11.8. The van der Waals surface area contributed by atoms with Gasteiger partial charge < -0.3 is 5.11 Å². The van der Waals surface area contributed by atoms with Crippen LogP contribution in [0, 0.1) is 0 Å². The van der Waals surface area contributed by atoms with Gasteiger partial charge >= 0.3 is 0 Å². The summed E-state index contributed by atoms with van der Waals surface area (Å²) in [6.07, 6.45) is 3.40. The Balaban J connectivity index is 0.00000176. The Labute approximate surface area is 166 Å². The Morgan fingerprint density at radius 1 is 1.04 bits per heavy atom. The summed E-state index contributed by atoms with van der Waals surface area (Å²) in [4.78, 5) is 10.0. The van der Waals surface area contributed by atoms with Crippen LogP contribution in [0.15, 0.2) is 42.0 Å². The van der Waals surface area contributed by atoms with Crippen molar-refractivity contribution in [2.45, 2.75) is 12.6 Å². The zero-order valence-electron chi connectivity index (χ0n) is 13.3. The largest absolute Gasteiger partial charge is 0.386 e. The number of piperazine rings is 1. The molecule has 4 nitrogen and oxygen atoms in total. The number of pyridine rings is 1. The molecule has 1 atom stereocenters. The maximum atomic E-state index is 10.2. The lowest BCUT2D eigenvalue weighted by Gasteiger charge is -2.35. The topological polar surface area (TPSA) is 39.6 Å². The number of halogens is 3. The van der Waals surface area contributed by atoms with E-state index in [-0.39, 0.29) is 43.3 Å². The molecule has 0 saturated carbocycles. The zero-order chi connectivity index (χ0) is 14.5. The minimum absolute atomic E-state index is 0. The second-order valence-corrected chi connectivity index (χ2v) is 6.45. The van der Waals surface area contributed by atoms with E-state index in [4.69, 9.17) is 0 Å². The van der Waals surface area contributed by atoms with Crippen LogP contribution in [0.1, 0.15) is 16.5 Å². The fraction of sp³-hybridized carbons (Fsp3) is 0.438. The summed E-state index contributed by atoms with van der Waals surface area (Å²) < 4.78 is 0. The van der Waals surface area contributed by atoms with Crippen molar-refractivity contribution < 1.29 is 5.11 Å². The minimum Gasteiger partial charge on any atom is -0.386 e. The highest BCUT2D eigenvalue weighted by molar-refractivity contribution is 7.10. The number of rotatable bonds is 5. The number of aliphatic hydroxyl groups is 1. The van der Waals surface area contributed by atoms with Crippen molar-refractivity contribution in [3.05, 3.63) is 52.5 Å². The second kappa shape index (κ2) is 12.0. The summed E-state index contributed by atoms with van der Waals surface area (Å²) in [5.74, 6) is 0. The van der Waals surface area contributed by atoms with Gasteiger partial charge in [-0.1, -0.05) is 12.1 Å². The summed E-state index contributed by atoms with van der Waals surface area (Å²) in [7, 11) is 0. The van der Waals surface area contributed by atoms with E-state index in [0.717, 1.165) is 44.1 Å². The van der Waals surface area contributed by atoms with Crippen LogP contribution < -0.4 is 0 Å². The van der Waals surface area contributed by atoms with Crippen LogP contribution in [0.3, 0.4) is 0 Å². The molecular weight excluding hydrogens is 389 g/mol. The quantitative estimate of drug-likeness (QED) is 0.818. The molecule has 2 aromatic rings. The van der Waals surface area contributed by atoms with E-state index in [9.17, 15) is 5.11 Å². The van der Waals surface area contributed by atoms with Crippen molar-refractivity contribution >= 4 is 48.6 Å². The predicted molar refractivity (Wildman–Crippen MR) is 107 cm³/mol. The van der Waals surface area contributed by atoms with Gasteiger partial charge in [0, 0.05) is 56.5 Å². The number of aliphatic hydroxyl groups excluding tert-OH is 1. The van der Waals surface area contributed by atoms with E-state index in [1.54, 1.807) is 11.3 Å². The van der Waals surface area contributed by atoms with E-state index in [0.29, 0.717) is 0 Å².